The number of anilines is 2. The maximum absolute atomic E-state index is 13.0. The van der Waals surface area contributed by atoms with Gasteiger partial charge in [-0.25, -0.2) is 4.79 Å². The fourth-order valence-corrected chi connectivity index (χ4v) is 4.88. The molecule has 9 heteroatoms. The van der Waals surface area contributed by atoms with Gasteiger partial charge in [-0.05, 0) is 83.8 Å². The Morgan fingerprint density at radius 2 is 1.49 bits per heavy atom. The first kappa shape index (κ1) is 26.6. The lowest BCUT2D eigenvalue weighted by atomic mass is 10.1. The third kappa shape index (κ3) is 6.70. The largest absolute Gasteiger partial charge is 0.457 e. The lowest BCUT2D eigenvalue weighted by Gasteiger charge is -2.20. The third-order valence-corrected chi connectivity index (χ3v) is 6.95. The number of hydrogen-bond acceptors (Lipinski definition) is 4. The molecule has 1 aliphatic heterocycles. The number of fused-ring (bicyclic) bond motifs is 1. The van der Waals surface area contributed by atoms with E-state index in [1.165, 1.54) is 0 Å². The van der Waals surface area contributed by atoms with Crippen molar-refractivity contribution in [3.8, 4) is 11.5 Å². The van der Waals surface area contributed by atoms with Crippen LogP contribution in [-0.4, -0.2) is 22.9 Å². The van der Waals surface area contributed by atoms with E-state index in [4.69, 9.17) is 33.7 Å². The highest BCUT2D eigenvalue weighted by molar-refractivity contribution is 6.35. The maximum Gasteiger partial charge on any atom is 0.323 e. The van der Waals surface area contributed by atoms with Crippen molar-refractivity contribution in [1.82, 2.24) is 4.90 Å². The first-order valence-electron chi connectivity index (χ1n) is 12.3. The quantitative estimate of drug-likeness (QED) is 0.230. The van der Waals surface area contributed by atoms with Gasteiger partial charge in [0.25, 0.3) is 0 Å². The normalized spacial score (nSPS) is 12.9. The lowest BCUT2D eigenvalue weighted by molar-refractivity contribution is -0.133. The molecular weight excluding hydrogens is 535 g/mol. The summed E-state index contributed by atoms with van der Waals surface area (Å²) in [4.78, 5) is 27.3. The minimum Gasteiger partial charge on any atom is -0.457 e. The number of ether oxygens (including phenoxy) is 1. The molecule has 0 bridgehead atoms. The van der Waals surface area contributed by atoms with Crippen molar-refractivity contribution in [2.24, 2.45) is 5.73 Å². The molecule has 4 N–H and O–H groups in total. The molecule has 0 saturated carbocycles. The van der Waals surface area contributed by atoms with Crippen LogP contribution in [0.5, 0.6) is 11.5 Å². The van der Waals surface area contributed by atoms with E-state index in [9.17, 15) is 9.59 Å². The summed E-state index contributed by atoms with van der Waals surface area (Å²) in [5.41, 5.74) is 10.2. The molecule has 3 amide bonds. The summed E-state index contributed by atoms with van der Waals surface area (Å²) in [7, 11) is 0. The van der Waals surface area contributed by atoms with Gasteiger partial charge in [-0.2, -0.15) is 0 Å². The van der Waals surface area contributed by atoms with Gasteiger partial charge < -0.3 is 26.0 Å². The number of rotatable bonds is 7. The van der Waals surface area contributed by atoms with Gasteiger partial charge in [0.1, 0.15) is 11.5 Å². The molecule has 198 valence electrons. The molecular formula is C30H26Cl2N4O3. The predicted octanol–water partition coefficient (Wildman–Crippen LogP) is 6.84. The number of carbonyl (C=O) groups is 2. The van der Waals surface area contributed by atoms with E-state index in [0.29, 0.717) is 46.7 Å². The minimum atomic E-state index is -0.731. The van der Waals surface area contributed by atoms with Gasteiger partial charge in [0.05, 0.1) is 6.04 Å². The van der Waals surface area contributed by atoms with Crippen molar-refractivity contribution in [2.45, 2.75) is 25.6 Å². The zero-order chi connectivity index (χ0) is 27.4. The van der Waals surface area contributed by atoms with Crippen molar-refractivity contribution >= 4 is 46.5 Å². The predicted molar refractivity (Wildman–Crippen MR) is 154 cm³/mol. The number of nitrogens with zero attached hydrogens (tertiary/aromatic N) is 1. The SMILES string of the molecule is N[C@H](Cc1ccc(Cl)cc1Cl)C(=O)N1Cc2ccc(NC(=O)Nc3ccc(Oc4ccccc4)cc3)cc2C1. The molecule has 0 radical (unpaired) electrons. The van der Waals surface area contributed by atoms with E-state index in [-0.39, 0.29) is 11.9 Å². The molecule has 4 aromatic rings. The Bertz CT molecular complexity index is 1500. The average Bonchev–Trinajstić information content (AvgIpc) is 3.35. The van der Waals surface area contributed by atoms with Gasteiger partial charge in [0.2, 0.25) is 5.91 Å². The minimum absolute atomic E-state index is 0.163. The number of hydrogen-bond donors (Lipinski definition) is 3. The van der Waals surface area contributed by atoms with Crippen LogP contribution in [0.3, 0.4) is 0 Å². The smallest absolute Gasteiger partial charge is 0.323 e. The Morgan fingerprint density at radius 3 is 2.23 bits per heavy atom. The van der Waals surface area contributed by atoms with Crippen molar-refractivity contribution in [3.63, 3.8) is 0 Å². The Hall–Kier alpha value is -4.04. The molecule has 5 rings (SSSR count). The highest BCUT2D eigenvalue weighted by Gasteiger charge is 2.28. The summed E-state index contributed by atoms with van der Waals surface area (Å²) in [6, 6.07) is 26.2. The average molecular weight is 561 g/mol. The molecule has 39 heavy (non-hydrogen) atoms. The Morgan fingerprint density at radius 1 is 0.821 bits per heavy atom. The molecule has 1 aliphatic rings. The zero-order valence-electron chi connectivity index (χ0n) is 20.9. The fraction of sp³-hybridized carbons (Fsp3) is 0.133. The van der Waals surface area contributed by atoms with Gasteiger partial charge in [0.15, 0.2) is 0 Å². The number of nitrogens with two attached hydrogens (primary N) is 1. The second-order valence-electron chi connectivity index (χ2n) is 9.24. The van der Waals surface area contributed by atoms with Crippen LogP contribution in [0, 0.1) is 0 Å². The number of amides is 3. The molecule has 0 fully saturated rings. The van der Waals surface area contributed by atoms with Gasteiger partial charge >= 0.3 is 6.03 Å². The number of benzene rings is 4. The van der Waals surface area contributed by atoms with Gasteiger partial charge in [0, 0.05) is 34.5 Å². The van der Waals surface area contributed by atoms with Crippen LogP contribution >= 0.6 is 23.2 Å². The molecule has 4 aromatic carbocycles. The highest BCUT2D eigenvalue weighted by Crippen LogP contribution is 2.28. The summed E-state index contributed by atoms with van der Waals surface area (Å²) in [6.45, 7) is 0.871. The summed E-state index contributed by atoms with van der Waals surface area (Å²) in [6.07, 6.45) is 0.314. The van der Waals surface area contributed by atoms with Crippen LogP contribution in [-0.2, 0) is 24.3 Å². The number of para-hydroxylation sites is 1. The third-order valence-electron chi connectivity index (χ3n) is 6.36. The van der Waals surface area contributed by atoms with Crippen LogP contribution < -0.4 is 21.1 Å². The number of carbonyl (C=O) groups excluding carboxylic acids is 2. The first-order chi connectivity index (χ1) is 18.8. The van der Waals surface area contributed by atoms with Gasteiger partial charge in [-0.15, -0.1) is 0 Å². The van der Waals surface area contributed by atoms with E-state index < -0.39 is 6.04 Å². The van der Waals surface area contributed by atoms with E-state index in [1.807, 2.05) is 48.5 Å². The second kappa shape index (κ2) is 11.8. The number of urea groups is 1. The summed E-state index contributed by atoms with van der Waals surface area (Å²) in [5, 5.41) is 6.68. The van der Waals surface area contributed by atoms with Gasteiger partial charge in [-0.1, -0.05) is 53.5 Å². The summed E-state index contributed by atoms with van der Waals surface area (Å²) < 4.78 is 5.78. The van der Waals surface area contributed by atoms with Crippen molar-refractivity contribution < 1.29 is 14.3 Å². The monoisotopic (exact) mass is 560 g/mol. The molecule has 0 aromatic heterocycles. The first-order valence-corrected chi connectivity index (χ1v) is 13.1. The summed E-state index contributed by atoms with van der Waals surface area (Å²) >= 11 is 12.2. The van der Waals surface area contributed by atoms with Crippen LogP contribution in [0.2, 0.25) is 10.0 Å². The molecule has 1 atom stereocenters. The molecule has 1 heterocycles. The van der Waals surface area contributed by atoms with E-state index in [2.05, 4.69) is 10.6 Å². The van der Waals surface area contributed by atoms with E-state index >= 15 is 0 Å². The van der Waals surface area contributed by atoms with Crippen molar-refractivity contribution in [1.29, 1.82) is 0 Å². The Balaban J connectivity index is 1.15. The summed E-state index contributed by atoms with van der Waals surface area (Å²) in [5.74, 6) is 1.24. The molecule has 0 aliphatic carbocycles. The second-order valence-corrected chi connectivity index (χ2v) is 10.1. The fourth-order valence-electron chi connectivity index (χ4n) is 4.40. The Labute approximate surface area is 236 Å². The van der Waals surface area contributed by atoms with Crippen LogP contribution in [0.1, 0.15) is 16.7 Å². The van der Waals surface area contributed by atoms with Crippen molar-refractivity contribution in [3.05, 3.63) is 118 Å². The lowest BCUT2D eigenvalue weighted by Crippen LogP contribution is -2.42. The number of nitrogens with one attached hydrogen (secondary N) is 2. The topological polar surface area (TPSA) is 96.7 Å². The van der Waals surface area contributed by atoms with E-state index in [1.54, 1.807) is 47.4 Å². The van der Waals surface area contributed by atoms with Crippen molar-refractivity contribution in [2.75, 3.05) is 10.6 Å². The van der Waals surface area contributed by atoms with Crippen LogP contribution in [0.25, 0.3) is 0 Å². The molecule has 0 spiro atoms. The molecule has 0 unspecified atom stereocenters. The van der Waals surface area contributed by atoms with Crippen LogP contribution in [0.15, 0.2) is 91.0 Å². The maximum atomic E-state index is 13.0. The zero-order valence-corrected chi connectivity index (χ0v) is 22.4. The standard InChI is InChI=1S/C30H26Cl2N4O3/c31-22-8-6-19(27(32)16-22)15-28(33)29(37)36-17-20-7-9-24(14-21(20)18-36)35-30(38)34-23-10-12-26(13-11-23)39-25-4-2-1-3-5-25/h1-14,16,28H,15,17-18,33H2,(H2,34,35,38)/t28-/m1/s1. The van der Waals surface area contributed by atoms with E-state index in [0.717, 1.165) is 22.4 Å². The Kier molecular flexibility index (Phi) is 8.02. The number of halogens is 2. The molecule has 0 saturated heterocycles. The molecule has 7 nitrogen and oxygen atoms in total. The van der Waals surface area contributed by atoms with Crippen LogP contribution in [0.4, 0.5) is 16.2 Å². The highest BCUT2D eigenvalue weighted by atomic mass is 35.5. The van der Waals surface area contributed by atoms with Gasteiger partial charge in [-0.3, -0.25) is 4.79 Å².